The van der Waals surface area contributed by atoms with Gasteiger partial charge in [-0.05, 0) is 25.1 Å². The van der Waals surface area contributed by atoms with Crippen LogP contribution >= 0.6 is 0 Å². The Bertz CT molecular complexity index is 560. The van der Waals surface area contributed by atoms with Gasteiger partial charge in [-0.15, -0.1) is 0 Å². The van der Waals surface area contributed by atoms with Crippen molar-refractivity contribution in [3.8, 4) is 11.3 Å². The van der Waals surface area contributed by atoms with Crippen LogP contribution in [0.3, 0.4) is 0 Å². The van der Waals surface area contributed by atoms with Crippen LogP contribution in [0.5, 0.6) is 0 Å². The number of aryl methyl sites for hydroxylation is 1. The van der Waals surface area contributed by atoms with Gasteiger partial charge in [-0.25, -0.2) is 4.39 Å². The van der Waals surface area contributed by atoms with E-state index in [4.69, 9.17) is 0 Å². The monoisotopic (exact) mass is 231 g/mol. The Hall–Kier alpha value is -1.68. The number of nitrogens with zero attached hydrogens (tertiary/aromatic N) is 2. The van der Waals surface area contributed by atoms with Gasteiger partial charge in [0.1, 0.15) is 5.82 Å². The molecule has 4 heteroatoms. The van der Waals surface area contributed by atoms with Gasteiger partial charge in [0, 0.05) is 24.7 Å². The molecule has 0 fully saturated rings. The molecule has 0 saturated heterocycles. The Morgan fingerprint density at radius 1 is 1.35 bits per heavy atom. The van der Waals surface area contributed by atoms with Crippen LogP contribution in [0.1, 0.15) is 11.3 Å². The van der Waals surface area contributed by atoms with Crippen molar-refractivity contribution in [3.63, 3.8) is 0 Å². The number of nitrogens with one attached hydrogen (secondary N) is 1. The fraction of sp³-hybridized carbons (Fsp3) is 0.308. The first-order valence-electron chi connectivity index (χ1n) is 5.77. The molecule has 2 aromatic rings. The van der Waals surface area contributed by atoms with E-state index in [1.165, 1.54) is 11.6 Å². The Morgan fingerprint density at radius 2 is 2.18 bits per heavy atom. The average molecular weight is 231 g/mol. The smallest absolute Gasteiger partial charge is 0.132 e. The van der Waals surface area contributed by atoms with E-state index in [2.05, 4.69) is 10.4 Å². The number of fused-ring (bicyclic) bond motifs is 1. The highest BCUT2D eigenvalue weighted by atomic mass is 19.1. The van der Waals surface area contributed by atoms with Crippen molar-refractivity contribution < 1.29 is 4.39 Å². The van der Waals surface area contributed by atoms with Crippen molar-refractivity contribution in [2.24, 2.45) is 7.05 Å². The van der Waals surface area contributed by atoms with Gasteiger partial charge in [0.15, 0.2) is 0 Å². The molecule has 0 atom stereocenters. The second-order valence-corrected chi connectivity index (χ2v) is 4.30. The van der Waals surface area contributed by atoms with Crippen molar-refractivity contribution in [2.45, 2.75) is 13.0 Å². The summed E-state index contributed by atoms with van der Waals surface area (Å²) in [6, 6.07) is 6.83. The molecular formula is C13H14FN3. The molecule has 1 aromatic heterocycles. The summed E-state index contributed by atoms with van der Waals surface area (Å²) in [5, 5.41) is 7.77. The van der Waals surface area contributed by atoms with Crippen LogP contribution in [0.2, 0.25) is 0 Å². The third-order valence-corrected chi connectivity index (χ3v) is 3.25. The lowest BCUT2D eigenvalue weighted by atomic mass is 10.0. The molecule has 88 valence electrons. The van der Waals surface area contributed by atoms with Gasteiger partial charge in [0.25, 0.3) is 0 Å². The Balaban J connectivity index is 2.19. The summed E-state index contributed by atoms with van der Waals surface area (Å²) >= 11 is 0. The first-order valence-corrected chi connectivity index (χ1v) is 5.77. The van der Waals surface area contributed by atoms with E-state index in [1.54, 1.807) is 12.1 Å². The molecule has 0 unspecified atom stereocenters. The number of halogens is 1. The second-order valence-electron chi connectivity index (χ2n) is 4.30. The minimum absolute atomic E-state index is 0.202. The Kier molecular flexibility index (Phi) is 2.44. The molecular weight excluding hydrogens is 217 g/mol. The maximum atomic E-state index is 13.8. The van der Waals surface area contributed by atoms with Crippen molar-refractivity contribution in [3.05, 3.63) is 41.3 Å². The standard InChI is InChI=1S/C13H14FN3/c1-17-12-8-15-7-6-10(12)13(16-17)9-4-2-3-5-11(9)14/h2-5,15H,6-8H2,1H3. The van der Waals surface area contributed by atoms with E-state index < -0.39 is 0 Å². The Labute approximate surface area is 99.3 Å². The van der Waals surface area contributed by atoms with E-state index in [0.29, 0.717) is 5.56 Å². The zero-order chi connectivity index (χ0) is 11.8. The third kappa shape index (κ3) is 1.65. The van der Waals surface area contributed by atoms with Crippen LogP contribution in [0.15, 0.2) is 24.3 Å². The maximum Gasteiger partial charge on any atom is 0.132 e. The number of hydrogen-bond donors (Lipinski definition) is 1. The van der Waals surface area contributed by atoms with E-state index in [9.17, 15) is 4.39 Å². The summed E-state index contributed by atoms with van der Waals surface area (Å²) in [6.45, 7) is 1.74. The minimum atomic E-state index is -0.202. The zero-order valence-electron chi connectivity index (χ0n) is 9.70. The van der Waals surface area contributed by atoms with Gasteiger partial charge in [-0.2, -0.15) is 5.10 Å². The summed E-state index contributed by atoms with van der Waals surface area (Å²) in [4.78, 5) is 0. The summed E-state index contributed by atoms with van der Waals surface area (Å²) in [6.07, 6.45) is 0.910. The van der Waals surface area contributed by atoms with Crippen LogP contribution in [0.25, 0.3) is 11.3 Å². The molecule has 0 radical (unpaired) electrons. The SMILES string of the molecule is Cn1nc(-c2ccccc2F)c2c1CNCC2. The highest BCUT2D eigenvalue weighted by Gasteiger charge is 2.21. The predicted octanol–water partition coefficient (Wildman–Crippen LogP) is 1.87. The average Bonchev–Trinajstić information content (AvgIpc) is 2.68. The maximum absolute atomic E-state index is 13.8. The van der Waals surface area contributed by atoms with Gasteiger partial charge in [-0.3, -0.25) is 4.68 Å². The van der Waals surface area contributed by atoms with Gasteiger partial charge in [-0.1, -0.05) is 12.1 Å². The first-order chi connectivity index (χ1) is 8.27. The predicted molar refractivity (Wildman–Crippen MR) is 64.0 cm³/mol. The fourth-order valence-corrected chi connectivity index (χ4v) is 2.38. The number of hydrogen-bond acceptors (Lipinski definition) is 2. The molecule has 1 aliphatic heterocycles. The minimum Gasteiger partial charge on any atom is -0.311 e. The lowest BCUT2D eigenvalue weighted by molar-refractivity contribution is 0.593. The van der Waals surface area contributed by atoms with Gasteiger partial charge in [0.05, 0.1) is 11.4 Å². The summed E-state index contributed by atoms with van der Waals surface area (Å²) < 4.78 is 15.6. The summed E-state index contributed by atoms with van der Waals surface area (Å²) in [5.74, 6) is -0.202. The molecule has 1 aromatic carbocycles. The largest absolute Gasteiger partial charge is 0.311 e. The fourth-order valence-electron chi connectivity index (χ4n) is 2.38. The molecule has 1 aliphatic rings. The molecule has 0 saturated carbocycles. The molecule has 2 heterocycles. The quantitative estimate of drug-likeness (QED) is 0.812. The lowest BCUT2D eigenvalue weighted by Crippen LogP contribution is -2.24. The van der Waals surface area contributed by atoms with Crippen LogP contribution in [0, 0.1) is 5.82 Å². The van der Waals surface area contributed by atoms with Crippen LogP contribution < -0.4 is 5.32 Å². The summed E-state index contributed by atoms with van der Waals surface area (Å²) in [7, 11) is 1.91. The third-order valence-electron chi connectivity index (χ3n) is 3.25. The van der Waals surface area contributed by atoms with Crippen molar-refractivity contribution in [1.82, 2.24) is 15.1 Å². The van der Waals surface area contributed by atoms with Gasteiger partial charge >= 0.3 is 0 Å². The molecule has 0 amide bonds. The number of benzene rings is 1. The molecule has 0 aliphatic carbocycles. The highest BCUT2D eigenvalue weighted by molar-refractivity contribution is 5.65. The number of aromatic nitrogens is 2. The van der Waals surface area contributed by atoms with Gasteiger partial charge < -0.3 is 5.32 Å². The highest BCUT2D eigenvalue weighted by Crippen LogP contribution is 2.28. The van der Waals surface area contributed by atoms with E-state index in [1.807, 2.05) is 17.8 Å². The Morgan fingerprint density at radius 3 is 3.00 bits per heavy atom. The van der Waals surface area contributed by atoms with E-state index >= 15 is 0 Å². The lowest BCUT2D eigenvalue weighted by Gasteiger charge is -2.14. The topological polar surface area (TPSA) is 29.9 Å². The van der Waals surface area contributed by atoms with Crippen LogP contribution in [-0.4, -0.2) is 16.3 Å². The van der Waals surface area contributed by atoms with Crippen molar-refractivity contribution >= 4 is 0 Å². The number of rotatable bonds is 1. The molecule has 1 N–H and O–H groups in total. The zero-order valence-corrected chi connectivity index (χ0v) is 9.70. The second kappa shape index (κ2) is 3.96. The summed E-state index contributed by atoms with van der Waals surface area (Å²) in [5.41, 5.74) is 3.74. The van der Waals surface area contributed by atoms with E-state index in [0.717, 1.165) is 30.9 Å². The van der Waals surface area contributed by atoms with Crippen molar-refractivity contribution in [2.75, 3.05) is 6.54 Å². The van der Waals surface area contributed by atoms with Crippen LogP contribution in [0.4, 0.5) is 4.39 Å². The van der Waals surface area contributed by atoms with E-state index in [-0.39, 0.29) is 5.82 Å². The molecule has 17 heavy (non-hydrogen) atoms. The molecule has 3 nitrogen and oxygen atoms in total. The normalized spacial score (nSPS) is 14.7. The van der Waals surface area contributed by atoms with Crippen molar-refractivity contribution in [1.29, 1.82) is 0 Å². The molecule has 0 bridgehead atoms. The van der Waals surface area contributed by atoms with Gasteiger partial charge in [0.2, 0.25) is 0 Å². The molecule has 0 spiro atoms. The first kappa shape index (κ1) is 10.5. The van der Waals surface area contributed by atoms with Crippen LogP contribution in [-0.2, 0) is 20.0 Å². The molecule has 3 rings (SSSR count).